The van der Waals surface area contributed by atoms with Crippen molar-refractivity contribution >= 4 is 18.3 Å². The maximum absolute atomic E-state index is 13.9. The number of amides is 1. The number of carbonyl (C=O) groups is 1. The van der Waals surface area contributed by atoms with Crippen LogP contribution in [0.25, 0.3) is 0 Å². The van der Waals surface area contributed by atoms with Gasteiger partial charge in [-0.05, 0) is 42.9 Å². The van der Waals surface area contributed by atoms with Crippen molar-refractivity contribution in [2.24, 2.45) is 5.92 Å². The number of hydrogen-bond acceptors (Lipinski definition) is 4. The first-order chi connectivity index (χ1) is 12.5. The number of hydrogen-bond donors (Lipinski definition) is 2. The number of methoxy groups -OCH3 is 2. The van der Waals surface area contributed by atoms with E-state index in [4.69, 9.17) is 9.47 Å². The Balaban J connectivity index is 0.00000364. The van der Waals surface area contributed by atoms with Crippen molar-refractivity contribution in [1.29, 1.82) is 0 Å². The summed E-state index contributed by atoms with van der Waals surface area (Å²) in [5.74, 6) is 0.374. The third kappa shape index (κ3) is 5.84. The Kier molecular flexibility index (Phi) is 9.05. The van der Waals surface area contributed by atoms with Crippen LogP contribution in [0.2, 0.25) is 0 Å². The van der Waals surface area contributed by atoms with Crippen LogP contribution in [-0.4, -0.2) is 33.7 Å². The predicted octanol–water partition coefficient (Wildman–Crippen LogP) is 3.33. The van der Waals surface area contributed by atoms with E-state index in [9.17, 15) is 9.18 Å². The van der Waals surface area contributed by atoms with Crippen molar-refractivity contribution < 1.29 is 18.7 Å². The molecule has 0 saturated heterocycles. The Morgan fingerprint density at radius 2 is 1.89 bits per heavy atom. The smallest absolute Gasteiger partial charge is 0.224 e. The highest BCUT2D eigenvalue weighted by Gasteiger charge is 2.24. The second kappa shape index (κ2) is 10.7. The van der Waals surface area contributed by atoms with E-state index in [0.717, 1.165) is 5.56 Å². The number of benzene rings is 2. The van der Waals surface area contributed by atoms with E-state index in [1.54, 1.807) is 20.2 Å². The van der Waals surface area contributed by atoms with Gasteiger partial charge in [0.25, 0.3) is 0 Å². The summed E-state index contributed by atoms with van der Waals surface area (Å²) in [5, 5.41) is 5.99. The maximum Gasteiger partial charge on any atom is 0.224 e. The summed E-state index contributed by atoms with van der Waals surface area (Å²) in [6.45, 7) is 2.37. The Labute approximate surface area is 165 Å². The van der Waals surface area contributed by atoms with Crippen LogP contribution in [0.1, 0.15) is 24.1 Å². The molecule has 0 fully saturated rings. The van der Waals surface area contributed by atoms with Crippen LogP contribution in [0.5, 0.6) is 11.5 Å². The van der Waals surface area contributed by atoms with Crippen LogP contribution in [0.4, 0.5) is 4.39 Å². The van der Waals surface area contributed by atoms with E-state index < -0.39 is 11.9 Å². The second-order valence-corrected chi connectivity index (χ2v) is 6.06. The molecule has 2 aromatic carbocycles. The Morgan fingerprint density at radius 1 is 1.15 bits per heavy atom. The van der Waals surface area contributed by atoms with Gasteiger partial charge < -0.3 is 20.1 Å². The standard InChI is InChI=1S/C20H25FN2O3.ClH/c1-13(12-22-2)20(24)23-19(14-6-5-7-16(10-14)25-3)17-11-15(21)8-9-18(17)26-4;/h5-11,13,19,22H,12H2,1-4H3,(H,23,24);1H. The Bertz CT molecular complexity index is 758. The summed E-state index contributed by atoms with van der Waals surface area (Å²) in [6, 6.07) is 11.0. The molecule has 7 heteroatoms. The van der Waals surface area contributed by atoms with Gasteiger partial charge in [-0.1, -0.05) is 19.1 Å². The SMILES string of the molecule is CNCC(C)C(=O)NC(c1cccc(OC)c1)c1cc(F)ccc1OC.Cl. The van der Waals surface area contributed by atoms with E-state index in [-0.39, 0.29) is 24.2 Å². The molecule has 2 rings (SSSR count). The largest absolute Gasteiger partial charge is 0.497 e. The van der Waals surface area contributed by atoms with E-state index in [0.29, 0.717) is 23.6 Å². The normalized spacial score (nSPS) is 12.5. The second-order valence-electron chi connectivity index (χ2n) is 6.06. The predicted molar refractivity (Wildman–Crippen MR) is 106 cm³/mol. The van der Waals surface area contributed by atoms with Crippen LogP contribution in [0.15, 0.2) is 42.5 Å². The fraction of sp³-hybridized carbons (Fsp3) is 0.350. The Morgan fingerprint density at radius 3 is 2.52 bits per heavy atom. The van der Waals surface area contributed by atoms with Gasteiger partial charge in [0, 0.05) is 18.0 Å². The lowest BCUT2D eigenvalue weighted by Crippen LogP contribution is -2.37. The first kappa shape index (κ1) is 22.7. The van der Waals surface area contributed by atoms with Gasteiger partial charge in [-0.2, -0.15) is 0 Å². The summed E-state index contributed by atoms with van der Waals surface area (Å²) in [5.41, 5.74) is 1.32. The summed E-state index contributed by atoms with van der Waals surface area (Å²) in [6.07, 6.45) is 0. The highest BCUT2D eigenvalue weighted by molar-refractivity contribution is 5.85. The van der Waals surface area contributed by atoms with E-state index in [1.807, 2.05) is 31.2 Å². The zero-order valence-electron chi connectivity index (χ0n) is 15.9. The average molecular weight is 397 g/mol. The van der Waals surface area contributed by atoms with Crippen molar-refractivity contribution in [2.75, 3.05) is 27.8 Å². The molecule has 2 unspecified atom stereocenters. The molecule has 2 aromatic rings. The van der Waals surface area contributed by atoms with E-state index >= 15 is 0 Å². The van der Waals surface area contributed by atoms with Gasteiger partial charge in [0.15, 0.2) is 0 Å². The van der Waals surface area contributed by atoms with Crippen LogP contribution in [0, 0.1) is 11.7 Å². The number of rotatable bonds is 8. The van der Waals surface area contributed by atoms with Gasteiger partial charge in [-0.25, -0.2) is 4.39 Å². The van der Waals surface area contributed by atoms with Crippen molar-refractivity contribution in [1.82, 2.24) is 10.6 Å². The third-order valence-corrected chi connectivity index (χ3v) is 4.17. The minimum Gasteiger partial charge on any atom is -0.497 e. The zero-order valence-corrected chi connectivity index (χ0v) is 16.7. The first-order valence-corrected chi connectivity index (χ1v) is 8.42. The minimum atomic E-state index is -0.567. The van der Waals surface area contributed by atoms with E-state index in [2.05, 4.69) is 10.6 Å². The summed E-state index contributed by atoms with van der Waals surface area (Å²) >= 11 is 0. The minimum absolute atomic E-state index is 0. The van der Waals surface area contributed by atoms with Crippen LogP contribution < -0.4 is 20.1 Å². The van der Waals surface area contributed by atoms with Gasteiger partial charge in [0.2, 0.25) is 5.91 Å². The monoisotopic (exact) mass is 396 g/mol. The first-order valence-electron chi connectivity index (χ1n) is 8.42. The topological polar surface area (TPSA) is 59.6 Å². The fourth-order valence-corrected chi connectivity index (χ4v) is 2.78. The van der Waals surface area contributed by atoms with Gasteiger partial charge in [-0.15, -0.1) is 12.4 Å². The summed E-state index contributed by atoms with van der Waals surface area (Å²) < 4.78 is 24.6. The molecule has 0 radical (unpaired) electrons. The van der Waals surface area contributed by atoms with E-state index in [1.165, 1.54) is 19.2 Å². The number of nitrogens with one attached hydrogen (secondary N) is 2. The van der Waals surface area contributed by atoms with Crippen molar-refractivity contribution in [2.45, 2.75) is 13.0 Å². The molecule has 2 N–H and O–H groups in total. The van der Waals surface area contributed by atoms with Crippen LogP contribution in [0.3, 0.4) is 0 Å². The molecule has 148 valence electrons. The van der Waals surface area contributed by atoms with Crippen molar-refractivity contribution in [3.05, 3.63) is 59.4 Å². The lowest BCUT2D eigenvalue weighted by atomic mass is 9.96. The molecule has 0 saturated carbocycles. The van der Waals surface area contributed by atoms with Gasteiger partial charge in [0.05, 0.1) is 20.3 Å². The highest BCUT2D eigenvalue weighted by Crippen LogP contribution is 2.32. The molecule has 2 atom stereocenters. The molecule has 0 spiro atoms. The molecule has 0 aliphatic rings. The quantitative estimate of drug-likeness (QED) is 0.718. The average Bonchev–Trinajstić information content (AvgIpc) is 2.66. The molecule has 0 bridgehead atoms. The molecule has 0 heterocycles. The molecule has 5 nitrogen and oxygen atoms in total. The lowest BCUT2D eigenvalue weighted by molar-refractivity contribution is -0.124. The van der Waals surface area contributed by atoms with Gasteiger partial charge in [-0.3, -0.25) is 4.79 Å². The molecule has 1 amide bonds. The third-order valence-electron chi connectivity index (χ3n) is 4.17. The zero-order chi connectivity index (χ0) is 19.1. The number of ether oxygens (including phenoxy) is 2. The maximum atomic E-state index is 13.9. The van der Waals surface area contributed by atoms with Crippen molar-refractivity contribution in [3.63, 3.8) is 0 Å². The molecule has 0 aromatic heterocycles. The highest BCUT2D eigenvalue weighted by atomic mass is 35.5. The Hall–Kier alpha value is -2.31. The molecular formula is C20H26ClFN2O3. The molecular weight excluding hydrogens is 371 g/mol. The molecule has 0 aliphatic heterocycles. The summed E-state index contributed by atoms with van der Waals surface area (Å²) in [4.78, 5) is 12.6. The van der Waals surface area contributed by atoms with Gasteiger partial charge >= 0.3 is 0 Å². The lowest BCUT2D eigenvalue weighted by Gasteiger charge is -2.24. The fourth-order valence-electron chi connectivity index (χ4n) is 2.78. The summed E-state index contributed by atoms with van der Waals surface area (Å²) in [7, 11) is 4.88. The van der Waals surface area contributed by atoms with Crippen molar-refractivity contribution in [3.8, 4) is 11.5 Å². The van der Waals surface area contributed by atoms with Crippen LogP contribution >= 0.6 is 12.4 Å². The molecule has 0 aliphatic carbocycles. The van der Waals surface area contributed by atoms with Gasteiger partial charge in [0.1, 0.15) is 17.3 Å². The van der Waals surface area contributed by atoms with Crippen LogP contribution in [-0.2, 0) is 4.79 Å². The number of halogens is 2. The molecule has 27 heavy (non-hydrogen) atoms. The number of carbonyl (C=O) groups excluding carboxylic acids is 1.